The topological polar surface area (TPSA) is 55.6 Å². The van der Waals surface area contributed by atoms with Crippen LogP contribution in [0.25, 0.3) is 0 Å². The largest absolute Gasteiger partial charge is 0.488 e. The average molecular weight is 428 g/mol. The highest BCUT2D eigenvalue weighted by Gasteiger charge is 2.20. The van der Waals surface area contributed by atoms with Gasteiger partial charge in [0.25, 0.3) is 5.91 Å². The van der Waals surface area contributed by atoms with Crippen LogP contribution in [0.15, 0.2) is 66.7 Å². The van der Waals surface area contributed by atoms with Crippen LogP contribution in [0, 0.1) is 17.5 Å². The number of halogens is 3. The van der Waals surface area contributed by atoms with E-state index in [4.69, 9.17) is 10.5 Å². The molecule has 4 nitrogen and oxygen atoms in total. The molecule has 0 heterocycles. The highest BCUT2D eigenvalue weighted by atomic mass is 19.1. The molecule has 0 fully saturated rings. The van der Waals surface area contributed by atoms with Crippen LogP contribution in [0.4, 0.5) is 13.2 Å². The van der Waals surface area contributed by atoms with E-state index in [0.717, 1.165) is 17.7 Å². The lowest BCUT2D eigenvalue weighted by Crippen LogP contribution is -2.32. The van der Waals surface area contributed by atoms with Gasteiger partial charge >= 0.3 is 0 Å². The van der Waals surface area contributed by atoms with Crippen molar-refractivity contribution in [2.75, 3.05) is 13.1 Å². The van der Waals surface area contributed by atoms with Crippen molar-refractivity contribution >= 4 is 5.91 Å². The fraction of sp³-hybridized carbons (Fsp3) is 0.208. The molecule has 0 saturated carbocycles. The second-order valence-corrected chi connectivity index (χ2v) is 7.02. The smallest absolute Gasteiger partial charge is 0.257 e. The maximum Gasteiger partial charge on any atom is 0.257 e. The number of rotatable bonds is 9. The SMILES string of the molecule is NCCCN(Cc1ccc(F)cc1)C(=O)c1ccccc1OCc1ccc(F)cc1F. The van der Waals surface area contributed by atoms with Crippen LogP contribution < -0.4 is 10.5 Å². The molecular formula is C24H23F3N2O2. The first-order valence-corrected chi connectivity index (χ1v) is 9.87. The minimum Gasteiger partial charge on any atom is -0.488 e. The first-order valence-electron chi connectivity index (χ1n) is 9.87. The number of carbonyl (C=O) groups excluding carboxylic acids is 1. The van der Waals surface area contributed by atoms with Crippen LogP contribution in [0.2, 0.25) is 0 Å². The second-order valence-electron chi connectivity index (χ2n) is 7.02. The number of ether oxygens (including phenoxy) is 1. The van der Waals surface area contributed by atoms with Crippen molar-refractivity contribution in [2.24, 2.45) is 5.73 Å². The Labute approximate surface area is 179 Å². The fourth-order valence-corrected chi connectivity index (χ4v) is 3.08. The summed E-state index contributed by atoms with van der Waals surface area (Å²) in [6, 6.07) is 15.8. The van der Waals surface area contributed by atoms with Crippen molar-refractivity contribution < 1.29 is 22.7 Å². The monoisotopic (exact) mass is 428 g/mol. The Morgan fingerprint density at radius 1 is 0.935 bits per heavy atom. The first-order chi connectivity index (χ1) is 15.0. The van der Waals surface area contributed by atoms with E-state index in [1.54, 1.807) is 41.3 Å². The van der Waals surface area contributed by atoms with Gasteiger partial charge in [-0.15, -0.1) is 0 Å². The minimum atomic E-state index is -0.718. The summed E-state index contributed by atoms with van der Waals surface area (Å²) in [5.41, 5.74) is 6.88. The van der Waals surface area contributed by atoms with Gasteiger partial charge in [0.1, 0.15) is 29.8 Å². The number of hydrogen-bond acceptors (Lipinski definition) is 3. The summed E-state index contributed by atoms with van der Waals surface area (Å²) >= 11 is 0. The molecule has 2 N–H and O–H groups in total. The standard InChI is InChI=1S/C24H23F3N2O2/c25-19-9-6-17(7-10-19)15-29(13-3-12-28)24(30)21-4-1-2-5-23(21)31-16-18-8-11-20(26)14-22(18)27/h1-2,4-11,14H,3,12-13,15-16,28H2. The molecular weight excluding hydrogens is 405 g/mol. The minimum absolute atomic E-state index is 0.156. The van der Waals surface area contributed by atoms with Gasteiger partial charge in [-0.3, -0.25) is 4.79 Å². The molecule has 0 bridgehead atoms. The summed E-state index contributed by atoms with van der Waals surface area (Å²) < 4.78 is 45.9. The normalized spacial score (nSPS) is 10.7. The molecule has 3 rings (SSSR count). The van der Waals surface area contributed by atoms with E-state index in [1.165, 1.54) is 18.2 Å². The Morgan fingerprint density at radius 3 is 2.35 bits per heavy atom. The van der Waals surface area contributed by atoms with Gasteiger partial charge in [-0.1, -0.05) is 24.3 Å². The molecule has 0 unspecified atom stereocenters. The molecule has 0 aliphatic rings. The van der Waals surface area contributed by atoms with Gasteiger partial charge in [-0.05, 0) is 54.9 Å². The zero-order chi connectivity index (χ0) is 22.2. The molecule has 162 valence electrons. The third-order valence-electron chi connectivity index (χ3n) is 4.72. The number of carbonyl (C=O) groups is 1. The highest BCUT2D eigenvalue weighted by molar-refractivity contribution is 5.96. The Bertz CT molecular complexity index is 1030. The maximum atomic E-state index is 13.9. The molecule has 3 aromatic rings. The fourth-order valence-electron chi connectivity index (χ4n) is 3.08. The predicted molar refractivity (Wildman–Crippen MR) is 112 cm³/mol. The lowest BCUT2D eigenvalue weighted by molar-refractivity contribution is 0.0737. The van der Waals surface area contributed by atoms with E-state index in [0.29, 0.717) is 25.1 Å². The van der Waals surface area contributed by atoms with Gasteiger partial charge in [-0.25, -0.2) is 13.2 Å². The van der Waals surface area contributed by atoms with Crippen molar-refractivity contribution in [3.63, 3.8) is 0 Å². The number of nitrogens with zero attached hydrogens (tertiary/aromatic N) is 1. The van der Waals surface area contributed by atoms with Gasteiger partial charge in [0, 0.05) is 24.7 Å². The van der Waals surface area contributed by atoms with Crippen LogP contribution in [0.1, 0.15) is 27.9 Å². The van der Waals surface area contributed by atoms with E-state index in [9.17, 15) is 18.0 Å². The molecule has 0 aromatic heterocycles. The van der Waals surface area contributed by atoms with Crippen LogP contribution in [-0.4, -0.2) is 23.9 Å². The van der Waals surface area contributed by atoms with E-state index in [1.807, 2.05) is 0 Å². The Hall–Kier alpha value is -3.32. The van der Waals surface area contributed by atoms with E-state index in [-0.39, 0.29) is 36.2 Å². The summed E-state index contributed by atoms with van der Waals surface area (Å²) in [4.78, 5) is 14.9. The van der Waals surface area contributed by atoms with Gasteiger partial charge in [0.2, 0.25) is 0 Å². The van der Waals surface area contributed by atoms with Crippen LogP contribution >= 0.6 is 0 Å². The molecule has 31 heavy (non-hydrogen) atoms. The number of nitrogens with two attached hydrogens (primary N) is 1. The molecule has 0 atom stereocenters. The number of benzene rings is 3. The van der Waals surface area contributed by atoms with Crippen LogP contribution in [0.3, 0.4) is 0 Å². The lowest BCUT2D eigenvalue weighted by atomic mass is 10.1. The van der Waals surface area contributed by atoms with Gasteiger partial charge < -0.3 is 15.4 Å². The molecule has 1 amide bonds. The zero-order valence-electron chi connectivity index (χ0n) is 16.9. The Kier molecular flexibility index (Phi) is 7.67. The number of para-hydroxylation sites is 1. The van der Waals surface area contributed by atoms with E-state index >= 15 is 0 Å². The lowest BCUT2D eigenvalue weighted by Gasteiger charge is -2.24. The highest BCUT2D eigenvalue weighted by Crippen LogP contribution is 2.23. The van der Waals surface area contributed by atoms with Crippen molar-refractivity contribution in [1.29, 1.82) is 0 Å². The second kappa shape index (κ2) is 10.6. The first kappa shape index (κ1) is 22.4. The van der Waals surface area contributed by atoms with Crippen LogP contribution in [-0.2, 0) is 13.2 Å². The van der Waals surface area contributed by atoms with Gasteiger partial charge in [0.05, 0.1) is 5.56 Å². The molecule has 0 aliphatic heterocycles. The Balaban J connectivity index is 1.79. The summed E-state index contributed by atoms with van der Waals surface area (Å²) in [5, 5.41) is 0. The van der Waals surface area contributed by atoms with Gasteiger partial charge in [0.15, 0.2) is 0 Å². The average Bonchev–Trinajstić information content (AvgIpc) is 2.77. The predicted octanol–water partition coefficient (Wildman–Crippen LogP) is 4.67. The summed E-state index contributed by atoms with van der Waals surface area (Å²) in [7, 11) is 0. The third kappa shape index (κ3) is 6.08. The van der Waals surface area contributed by atoms with Crippen molar-refractivity contribution in [3.05, 3.63) is 101 Å². The van der Waals surface area contributed by atoms with E-state index < -0.39 is 11.6 Å². The quantitative estimate of drug-likeness (QED) is 0.539. The van der Waals surface area contributed by atoms with Gasteiger partial charge in [-0.2, -0.15) is 0 Å². The molecule has 0 saturated heterocycles. The summed E-state index contributed by atoms with van der Waals surface area (Å²) in [6.07, 6.45) is 0.594. The number of amides is 1. The Morgan fingerprint density at radius 2 is 1.65 bits per heavy atom. The summed E-state index contributed by atoms with van der Waals surface area (Å²) in [5.74, 6) is -1.74. The zero-order valence-corrected chi connectivity index (χ0v) is 16.9. The third-order valence-corrected chi connectivity index (χ3v) is 4.72. The summed E-state index contributed by atoms with van der Waals surface area (Å²) in [6.45, 7) is 0.944. The van der Waals surface area contributed by atoms with Crippen molar-refractivity contribution in [3.8, 4) is 5.75 Å². The van der Waals surface area contributed by atoms with E-state index in [2.05, 4.69) is 0 Å². The molecule has 0 spiro atoms. The molecule has 3 aromatic carbocycles. The molecule has 0 aliphatic carbocycles. The maximum absolute atomic E-state index is 13.9. The van der Waals surface area contributed by atoms with Crippen LogP contribution in [0.5, 0.6) is 5.75 Å². The number of hydrogen-bond donors (Lipinski definition) is 1. The molecule has 7 heteroatoms. The van der Waals surface area contributed by atoms with Crippen molar-refractivity contribution in [1.82, 2.24) is 4.90 Å². The van der Waals surface area contributed by atoms with Crippen molar-refractivity contribution in [2.45, 2.75) is 19.6 Å². The molecule has 0 radical (unpaired) electrons.